The van der Waals surface area contributed by atoms with E-state index in [2.05, 4.69) is 4.98 Å². The molecule has 1 aliphatic heterocycles. The number of pyridine rings is 1. The number of carbonyl (C=O) groups is 2. The van der Waals surface area contributed by atoms with Crippen molar-refractivity contribution in [2.45, 2.75) is 19.3 Å². The molecule has 2 heterocycles. The summed E-state index contributed by atoms with van der Waals surface area (Å²) in [4.78, 5) is 28.6. The van der Waals surface area contributed by atoms with Crippen LogP contribution in [0.5, 0.6) is 0 Å². The molecule has 1 aromatic heterocycles. The molecule has 2 N–H and O–H groups in total. The second-order valence-electron chi connectivity index (χ2n) is 5.62. The number of hydrogen-bond donors (Lipinski definition) is 2. The molecule has 6 nitrogen and oxygen atoms in total. The first-order valence-electron chi connectivity index (χ1n) is 6.72. The lowest BCUT2D eigenvalue weighted by atomic mass is 9.81. The molecule has 1 aliphatic carbocycles. The number of carboxylic acids is 2. The van der Waals surface area contributed by atoms with Crippen LogP contribution in [0.4, 0.5) is 5.82 Å². The number of aromatic carboxylic acids is 1. The first kappa shape index (κ1) is 12.9. The molecule has 3 rings (SSSR count). The number of hydrogen-bond acceptors (Lipinski definition) is 4. The van der Waals surface area contributed by atoms with Crippen molar-refractivity contribution >= 4 is 17.8 Å². The normalized spacial score (nSPS) is 28.4. The molecule has 6 heteroatoms. The fourth-order valence-corrected chi connectivity index (χ4v) is 3.53. The van der Waals surface area contributed by atoms with E-state index >= 15 is 0 Å². The summed E-state index contributed by atoms with van der Waals surface area (Å²) in [6.07, 6.45) is 2.57. The van der Waals surface area contributed by atoms with Gasteiger partial charge in [0.05, 0.1) is 5.41 Å². The van der Waals surface area contributed by atoms with E-state index in [9.17, 15) is 14.7 Å². The number of aromatic nitrogens is 1. The molecule has 0 bridgehead atoms. The van der Waals surface area contributed by atoms with Gasteiger partial charge in [-0.1, -0.05) is 12.5 Å². The van der Waals surface area contributed by atoms with Gasteiger partial charge in [-0.05, 0) is 30.9 Å². The zero-order chi connectivity index (χ0) is 14.3. The van der Waals surface area contributed by atoms with Crippen LogP contribution in [0.1, 0.15) is 29.8 Å². The van der Waals surface area contributed by atoms with Gasteiger partial charge in [-0.3, -0.25) is 4.79 Å². The summed E-state index contributed by atoms with van der Waals surface area (Å²) in [5, 5.41) is 18.5. The van der Waals surface area contributed by atoms with E-state index < -0.39 is 17.4 Å². The van der Waals surface area contributed by atoms with Gasteiger partial charge in [-0.25, -0.2) is 9.78 Å². The molecule has 2 fully saturated rings. The summed E-state index contributed by atoms with van der Waals surface area (Å²) in [6, 6.07) is 4.83. The van der Waals surface area contributed by atoms with Gasteiger partial charge in [-0.2, -0.15) is 0 Å². The Kier molecular flexibility index (Phi) is 2.88. The summed E-state index contributed by atoms with van der Waals surface area (Å²) >= 11 is 0. The van der Waals surface area contributed by atoms with Crippen LogP contribution in [0.2, 0.25) is 0 Å². The van der Waals surface area contributed by atoms with Gasteiger partial charge in [0.1, 0.15) is 5.82 Å². The van der Waals surface area contributed by atoms with Gasteiger partial charge >= 0.3 is 11.9 Å². The van der Waals surface area contributed by atoms with Crippen molar-refractivity contribution in [3.05, 3.63) is 23.9 Å². The third kappa shape index (κ3) is 1.83. The molecule has 0 amide bonds. The summed E-state index contributed by atoms with van der Waals surface area (Å²) in [5.74, 6) is -1.12. The summed E-state index contributed by atoms with van der Waals surface area (Å²) in [5.41, 5.74) is -0.690. The lowest BCUT2D eigenvalue weighted by molar-refractivity contribution is -0.149. The van der Waals surface area contributed by atoms with Crippen LogP contribution in [-0.2, 0) is 4.79 Å². The SMILES string of the molecule is O=C(O)c1cccc(N2C[C@@H]3CCC[C@@]3(C(=O)O)C2)n1. The van der Waals surface area contributed by atoms with Crippen LogP contribution in [0.25, 0.3) is 0 Å². The first-order valence-corrected chi connectivity index (χ1v) is 6.72. The molecule has 1 aromatic rings. The van der Waals surface area contributed by atoms with Gasteiger partial charge in [0.25, 0.3) is 0 Å². The number of carboxylic acid groups (broad SMARTS) is 2. The Balaban J connectivity index is 1.89. The van der Waals surface area contributed by atoms with Crippen molar-refractivity contribution in [1.82, 2.24) is 4.98 Å². The van der Waals surface area contributed by atoms with Crippen LogP contribution in [0, 0.1) is 11.3 Å². The lowest BCUT2D eigenvalue weighted by Gasteiger charge is -2.23. The molecular weight excluding hydrogens is 260 g/mol. The average molecular weight is 276 g/mol. The molecule has 0 aromatic carbocycles. The van der Waals surface area contributed by atoms with Gasteiger partial charge in [-0.15, -0.1) is 0 Å². The zero-order valence-electron chi connectivity index (χ0n) is 11.0. The van der Waals surface area contributed by atoms with E-state index in [-0.39, 0.29) is 11.6 Å². The van der Waals surface area contributed by atoms with Crippen molar-refractivity contribution in [2.24, 2.45) is 11.3 Å². The number of aliphatic carboxylic acids is 1. The quantitative estimate of drug-likeness (QED) is 0.868. The smallest absolute Gasteiger partial charge is 0.354 e. The maximum absolute atomic E-state index is 11.6. The Morgan fingerprint density at radius 2 is 2.15 bits per heavy atom. The van der Waals surface area contributed by atoms with Crippen LogP contribution in [0.3, 0.4) is 0 Å². The monoisotopic (exact) mass is 276 g/mol. The predicted molar refractivity (Wildman–Crippen MR) is 70.8 cm³/mol. The number of nitrogens with zero attached hydrogens (tertiary/aromatic N) is 2. The van der Waals surface area contributed by atoms with E-state index in [1.54, 1.807) is 12.1 Å². The zero-order valence-corrected chi connectivity index (χ0v) is 11.0. The predicted octanol–water partition coefficient (Wildman–Crippen LogP) is 1.47. The van der Waals surface area contributed by atoms with E-state index in [0.717, 1.165) is 12.8 Å². The van der Waals surface area contributed by atoms with Crippen LogP contribution < -0.4 is 4.90 Å². The molecule has 2 atom stereocenters. The topological polar surface area (TPSA) is 90.7 Å². The number of rotatable bonds is 3. The highest BCUT2D eigenvalue weighted by Gasteiger charge is 2.55. The van der Waals surface area contributed by atoms with Gasteiger partial charge in [0, 0.05) is 13.1 Å². The Labute approximate surface area is 116 Å². The van der Waals surface area contributed by atoms with Crippen molar-refractivity contribution < 1.29 is 19.8 Å². The molecule has 1 saturated heterocycles. The van der Waals surface area contributed by atoms with Crippen LogP contribution in [-0.4, -0.2) is 40.2 Å². The third-order valence-electron chi connectivity index (χ3n) is 4.57. The van der Waals surface area contributed by atoms with E-state index in [4.69, 9.17) is 5.11 Å². The van der Waals surface area contributed by atoms with Crippen LogP contribution >= 0.6 is 0 Å². The van der Waals surface area contributed by atoms with Crippen molar-refractivity contribution in [3.8, 4) is 0 Å². The Morgan fingerprint density at radius 3 is 2.80 bits per heavy atom. The van der Waals surface area contributed by atoms with Crippen LogP contribution in [0.15, 0.2) is 18.2 Å². The second kappa shape index (κ2) is 4.47. The number of fused-ring (bicyclic) bond motifs is 1. The highest BCUT2D eigenvalue weighted by molar-refractivity contribution is 5.85. The summed E-state index contributed by atoms with van der Waals surface area (Å²) < 4.78 is 0. The maximum Gasteiger partial charge on any atom is 0.354 e. The van der Waals surface area contributed by atoms with Crippen molar-refractivity contribution in [1.29, 1.82) is 0 Å². The summed E-state index contributed by atoms with van der Waals surface area (Å²) in [7, 11) is 0. The second-order valence-corrected chi connectivity index (χ2v) is 5.62. The minimum absolute atomic E-state index is 0.0102. The van der Waals surface area contributed by atoms with Gasteiger partial charge < -0.3 is 15.1 Å². The minimum atomic E-state index is -1.07. The van der Waals surface area contributed by atoms with E-state index in [0.29, 0.717) is 25.3 Å². The largest absolute Gasteiger partial charge is 0.481 e. The van der Waals surface area contributed by atoms with E-state index in [1.807, 2.05) is 4.90 Å². The minimum Gasteiger partial charge on any atom is -0.481 e. The Hall–Kier alpha value is -2.11. The highest BCUT2D eigenvalue weighted by atomic mass is 16.4. The van der Waals surface area contributed by atoms with Gasteiger partial charge in [0.2, 0.25) is 0 Å². The molecule has 2 aliphatic rings. The Bertz CT molecular complexity index is 574. The average Bonchev–Trinajstić information content (AvgIpc) is 2.96. The van der Waals surface area contributed by atoms with E-state index in [1.165, 1.54) is 6.07 Å². The highest BCUT2D eigenvalue weighted by Crippen LogP contribution is 2.49. The summed E-state index contributed by atoms with van der Waals surface area (Å²) in [6.45, 7) is 1.06. The van der Waals surface area contributed by atoms with Crippen molar-refractivity contribution in [2.75, 3.05) is 18.0 Å². The molecule has 1 saturated carbocycles. The standard InChI is InChI=1S/C14H16N2O4/c17-12(18)10-4-1-5-11(15-10)16-7-9-3-2-6-14(9,8-16)13(19)20/h1,4-5,9H,2-3,6-8H2,(H,17,18)(H,19,20)/t9-,14+/m0/s1. The molecule has 0 spiro atoms. The third-order valence-corrected chi connectivity index (χ3v) is 4.57. The van der Waals surface area contributed by atoms with Gasteiger partial charge in [0.15, 0.2) is 5.69 Å². The Morgan fingerprint density at radius 1 is 1.35 bits per heavy atom. The fourth-order valence-electron chi connectivity index (χ4n) is 3.53. The first-order chi connectivity index (χ1) is 9.53. The molecule has 106 valence electrons. The lowest BCUT2D eigenvalue weighted by Crippen LogP contribution is -2.35. The maximum atomic E-state index is 11.6. The molecule has 0 unspecified atom stereocenters. The number of anilines is 1. The van der Waals surface area contributed by atoms with Crippen molar-refractivity contribution in [3.63, 3.8) is 0 Å². The fraction of sp³-hybridized carbons (Fsp3) is 0.500. The molecule has 20 heavy (non-hydrogen) atoms. The molecular formula is C14H16N2O4. The molecule has 0 radical (unpaired) electrons.